The first-order valence-corrected chi connectivity index (χ1v) is 7.16. The number of hydrogen-bond acceptors (Lipinski definition) is 2. The minimum absolute atomic E-state index is 0.189. The summed E-state index contributed by atoms with van der Waals surface area (Å²) in [5.74, 6) is 0. The monoisotopic (exact) mass is 276 g/mol. The lowest BCUT2D eigenvalue weighted by atomic mass is 10.2. The van der Waals surface area contributed by atoms with E-state index in [1.807, 2.05) is 36.4 Å². The second-order valence-electron chi connectivity index (χ2n) is 4.46. The van der Waals surface area contributed by atoms with Crippen LogP contribution < -0.4 is 10.6 Å². The molecule has 2 N–H and O–H groups in total. The molecule has 0 spiro atoms. The summed E-state index contributed by atoms with van der Waals surface area (Å²) in [5.41, 5.74) is 1.05. The number of hydrogen-bond donors (Lipinski definition) is 2. The molecule has 0 aliphatic rings. The van der Waals surface area contributed by atoms with Gasteiger partial charge >= 0.3 is 6.03 Å². The lowest BCUT2D eigenvalue weighted by molar-refractivity contribution is 0.129. The molecule has 4 nitrogen and oxygen atoms in total. The smallest absolute Gasteiger partial charge is 0.318 e. The molecule has 0 unspecified atom stereocenters. The number of urea groups is 1. The molecular weight excluding hydrogens is 252 g/mol. The quantitative estimate of drug-likeness (QED) is 0.681. The van der Waals surface area contributed by atoms with E-state index in [1.165, 1.54) is 0 Å². The summed E-state index contributed by atoms with van der Waals surface area (Å²) in [6.07, 6.45) is 6.57. The van der Waals surface area contributed by atoms with Crippen LogP contribution in [-0.2, 0) is 4.74 Å². The molecule has 0 saturated carbocycles. The van der Waals surface area contributed by atoms with Crippen molar-refractivity contribution in [2.24, 2.45) is 0 Å². The predicted octanol–water partition coefficient (Wildman–Crippen LogP) is 3.16. The number of ether oxygens (including phenoxy) is 1. The van der Waals surface area contributed by atoms with Gasteiger partial charge in [0.1, 0.15) is 0 Å². The van der Waals surface area contributed by atoms with Crippen molar-refractivity contribution in [1.29, 1.82) is 0 Å². The van der Waals surface area contributed by atoms with E-state index in [0.29, 0.717) is 13.2 Å². The molecule has 0 saturated heterocycles. The van der Waals surface area contributed by atoms with Crippen LogP contribution in [-0.4, -0.2) is 25.8 Å². The SMILES string of the molecule is CCCCOCCCNC(=O)N/C=C/c1ccccc1. The number of carbonyl (C=O) groups excluding carboxylic acids is 1. The first-order valence-electron chi connectivity index (χ1n) is 7.16. The third-order valence-corrected chi connectivity index (χ3v) is 2.68. The Morgan fingerprint density at radius 2 is 1.95 bits per heavy atom. The maximum absolute atomic E-state index is 11.5. The van der Waals surface area contributed by atoms with Crippen molar-refractivity contribution < 1.29 is 9.53 Å². The molecule has 0 aliphatic heterocycles. The van der Waals surface area contributed by atoms with Crippen molar-refractivity contribution >= 4 is 12.1 Å². The summed E-state index contributed by atoms with van der Waals surface area (Å²) < 4.78 is 5.41. The van der Waals surface area contributed by atoms with E-state index in [4.69, 9.17) is 4.74 Å². The Bertz CT molecular complexity index is 391. The fourth-order valence-electron chi connectivity index (χ4n) is 1.55. The van der Waals surface area contributed by atoms with Crippen LogP contribution in [0.3, 0.4) is 0 Å². The molecular formula is C16H24N2O2. The summed E-state index contributed by atoms with van der Waals surface area (Å²) in [4.78, 5) is 11.5. The first-order chi connectivity index (χ1) is 9.83. The van der Waals surface area contributed by atoms with Gasteiger partial charge in [0, 0.05) is 26.0 Å². The Kier molecular flexibility index (Phi) is 8.98. The molecule has 0 radical (unpaired) electrons. The van der Waals surface area contributed by atoms with Gasteiger partial charge in [0.15, 0.2) is 0 Å². The number of benzene rings is 1. The Morgan fingerprint density at radius 1 is 1.20 bits per heavy atom. The van der Waals surface area contributed by atoms with Gasteiger partial charge in [-0.15, -0.1) is 0 Å². The lowest BCUT2D eigenvalue weighted by Crippen LogP contribution is -2.33. The Morgan fingerprint density at radius 3 is 2.70 bits per heavy atom. The average Bonchev–Trinajstić information content (AvgIpc) is 2.47. The molecule has 0 fully saturated rings. The minimum Gasteiger partial charge on any atom is -0.381 e. The number of unbranched alkanes of at least 4 members (excludes halogenated alkanes) is 1. The highest BCUT2D eigenvalue weighted by Gasteiger charge is 1.95. The van der Waals surface area contributed by atoms with Gasteiger partial charge < -0.3 is 15.4 Å². The van der Waals surface area contributed by atoms with E-state index >= 15 is 0 Å². The van der Waals surface area contributed by atoms with Crippen LogP contribution in [0.4, 0.5) is 4.79 Å². The fraction of sp³-hybridized carbons (Fsp3) is 0.438. The highest BCUT2D eigenvalue weighted by molar-refractivity contribution is 5.75. The van der Waals surface area contributed by atoms with Crippen LogP contribution in [0.2, 0.25) is 0 Å². The standard InChI is InChI=1S/C16H24N2O2/c1-2-3-13-20-14-7-11-17-16(19)18-12-10-15-8-5-4-6-9-15/h4-6,8-10,12H,2-3,7,11,13-14H2,1H3,(H2,17,18,19)/b12-10+. The summed E-state index contributed by atoms with van der Waals surface area (Å²) in [6, 6.07) is 9.63. The van der Waals surface area contributed by atoms with Crippen molar-refractivity contribution in [1.82, 2.24) is 10.6 Å². The largest absolute Gasteiger partial charge is 0.381 e. The third kappa shape index (κ3) is 8.32. The van der Waals surface area contributed by atoms with Gasteiger partial charge in [-0.05, 0) is 24.5 Å². The van der Waals surface area contributed by atoms with Crippen LogP contribution in [0, 0.1) is 0 Å². The van der Waals surface area contributed by atoms with Crippen LogP contribution in [0.15, 0.2) is 36.5 Å². The molecule has 0 bridgehead atoms. The topological polar surface area (TPSA) is 50.4 Å². The van der Waals surface area contributed by atoms with Crippen LogP contribution in [0.5, 0.6) is 0 Å². The van der Waals surface area contributed by atoms with Crippen molar-refractivity contribution in [3.63, 3.8) is 0 Å². The zero-order chi connectivity index (χ0) is 14.5. The summed E-state index contributed by atoms with van der Waals surface area (Å²) in [7, 11) is 0. The Hall–Kier alpha value is -1.81. The molecule has 4 heteroatoms. The molecule has 0 atom stereocenters. The van der Waals surface area contributed by atoms with E-state index in [9.17, 15) is 4.79 Å². The van der Waals surface area contributed by atoms with Crippen LogP contribution >= 0.6 is 0 Å². The van der Waals surface area contributed by atoms with E-state index < -0.39 is 0 Å². The lowest BCUT2D eigenvalue weighted by Gasteiger charge is -2.05. The maximum atomic E-state index is 11.5. The van der Waals surface area contributed by atoms with Gasteiger partial charge in [0.25, 0.3) is 0 Å². The number of nitrogens with one attached hydrogen (secondary N) is 2. The molecule has 1 aromatic carbocycles. The van der Waals surface area contributed by atoms with Crippen molar-refractivity contribution in [2.75, 3.05) is 19.8 Å². The summed E-state index contributed by atoms with van der Waals surface area (Å²) >= 11 is 0. The second kappa shape index (κ2) is 11.1. The maximum Gasteiger partial charge on any atom is 0.318 e. The molecule has 1 aromatic rings. The molecule has 1 rings (SSSR count). The van der Waals surface area contributed by atoms with Gasteiger partial charge in [0.05, 0.1) is 0 Å². The second-order valence-corrected chi connectivity index (χ2v) is 4.46. The van der Waals surface area contributed by atoms with Crippen molar-refractivity contribution in [3.8, 4) is 0 Å². The van der Waals surface area contributed by atoms with Gasteiger partial charge in [-0.2, -0.15) is 0 Å². The number of amides is 2. The number of carbonyl (C=O) groups is 1. The van der Waals surface area contributed by atoms with Crippen molar-refractivity contribution in [2.45, 2.75) is 26.2 Å². The van der Waals surface area contributed by atoms with Gasteiger partial charge in [-0.25, -0.2) is 4.79 Å². The van der Waals surface area contributed by atoms with Gasteiger partial charge in [-0.3, -0.25) is 0 Å². The summed E-state index contributed by atoms with van der Waals surface area (Å²) in [6.45, 7) is 4.26. The van der Waals surface area contributed by atoms with E-state index in [2.05, 4.69) is 17.6 Å². The van der Waals surface area contributed by atoms with Crippen LogP contribution in [0.1, 0.15) is 31.7 Å². The first kappa shape index (κ1) is 16.2. The van der Waals surface area contributed by atoms with Gasteiger partial charge in [0.2, 0.25) is 0 Å². The third-order valence-electron chi connectivity index (χ3n) is 2.68. The Labute approximate surface area is 121 Å². The molecule has 0 aromatic heterocycles. The van der Waals surface area contributed by atoms with E-state index in [-0.39, 0.29) is 6.03 Å². The van der Waals surface area contributed by atoms with Crippen molar-refractivity contribution in [3.05, 3.63) is 42.1 Å². The van der Waals surface area contributed by atoms with E-state index in [0.717, 1.165) is 31.4 Å². The Balaban J connectivity index is 2.02. The fourth-order valence-corrected chi connectivity index (χ4v) is 1.55. The predicted molar refractivity (Wildman–Crippen MR) is 82.4 cm³/mol. The molecule has 2 amide bonds. The highest BCUT2D eigenvalue weighted by atomic mass is 16.5. The zero-order valence-corrected chi connectivity index (χ0v) is 12.1. The highest BCUT2D eigenvalue weighted by Crippen LogP contribution is 1.99. The summed E-state index contributed by atoms with van der Waals surface area (Å²) in [5, 5.41) is 5.45. The molecule has 20 heavy (non-hydrogen) atoms. The van der Waals surface area contributed by atoms with E-state index in [1.54, 1.807) is 6.20 Å². The molecule has 0 heterocycles. The van der Waals surface area contributed by atoms with Crippen LogP contribution in [0.25, 0.3) is 6.08 Å². The molecule has 0 aliphatic carbocycles. The molecule has 110 valence electrons. The normalized spacial score (nSPS) is 10.7. The minimum atomic E-state index is -0.189. The number of rotatable bonds is 9. The average molecular weight is 276 g/mol. The zero-order valence-electron chi connectivity index (χ0n) is 12.1. The van der Waals surface area contributed by atoms with Gasteiger partial charge in [-0.1, -0.05) is 43.7 Å².